The van der Waals surface area contributed by atoms with Crippen LogP contribution in [-0.4, -0.2) is 29.1 Å². The number of aliphatic hydroxyl groups excluding tert-OH is 2. The maximum atomic E-state index is 9.88. The molecule has 0 atom stereocenters. The molecule has 3 heteroatoms. The van der Waals surface area contributed by atoms with Crippen LogP contribution in [0.1, 0.15) is 76.7 Å². The van der Waals surface area contributed by atoms with E-state index in [4.69, 9.17) is 0 Å². The van der Waals surface area contributed by atoms with E-state index in [2.05, 4.69) is 19.1 Å². The van der Waals surface area contributed by atoms with Gasteiger partial charge in [0.25, 0.3) is 0 Å². The first kappa shape index (κ1) is 21.6. The number of aliphatic hydroxyl groups is 2. The van der Waals surface area contributed by atoms with Crippen LogP contribution in [0.25, 0.3) is 0 Å². The Kier molecular flexibility index (Phi) is 12.4. The number of hydrogen-bond acceptors (Lipinski definition) is 2. The predicted octanol–water partition coefficient (Wildman–Crippen LogP) is 5.76. The topological polar surface area (TPSA) is 40.5 Å². The fourth-order valence-electron chi connectivity index (χ4n) is 3.42. The molecule has 1 aromatic carbocycles. The molecule has 0 unspecified atom stereocenters. The van der Waals surface area contributed by atoms with Gasteiger partial charge in [-0.25, -0.2) is 0 Å². The minimum atomic E-state index is -1.96. The van der Waals surface area contributed by atoms with Gasteiger partial charge in [0.2, 0.25) is 0 Å². The van der Waals surface area contributed by atoms with E-state index in [0.29, 0.717) is 0 Å². The van der Waals surface area contributed by atoms with Crippen LogP contribution < -0.4 is 0 Å². The second-order valence-electron chi connectivity index (χ2n) is 7.41. The van der Waals surface area contributed by atoms with Gasteiger partial charge >= 0.3 is 150 Å². The third kappa shape index (κ3) is 9.16. The molecule has 0 heterocycles. The third-order valence-electron chi connectivity index (χ3n) is 5.15. The van der Waals surface area contributed by atoms with Gasteiger partial charge < -0.3 is 0 Å². The number of unbranched alkanes of at least 4 members (excludes halogenated alkanes) is 9. The van der Waals surface area contributed by atoms with Gasteiger partial charge in [-0.1, -0.05) is 0 Å². The van der Waals surface area contributed by atoms with Gasteiger partial charge in [-0.15, -0.1) is 0 Å². The predicted molar refractivity (Wildman–Crippen MR) is 109 cm³/mol. The third-order valence-corrected chi connectivity index (χ3v) is 9.07. The monoisotopic (exact) mass is 354 g/mol. The van der Waals surface area contributed by atoms with Crippen molar-refractivity contribution in [1.82, 2.24) is 0 Å². The molecule has 0 aliphatic carbocycles. The average molecular weight is 355 g/mol. The molecule has 2 nitrogen and oxygen atoms in total. The Balaban J connectivity index is 2.17. The molecule has 1 aromatic rings. The van der Waals surface area contributed by atoms with E-state index in [1.165, 1.54) is 63.4 Å². The molecule has 0 spiro atoms. The van der Waals surface area contributed by atoms with Crippen molar-refractivity contribution >= 4 is 7.26 Å². The summed E-state index contributed by atoms with van der Waals surface area (Å²) in [7, 11) is -1.96. The van der Waals surface area contributed by atoms with E-state index in [-0.39, 0.29) is 12.7 Å². The van der Waals surface area contributed by atoms with Crippen LogP contribution in [0.2, 0.25) is 0 Å². The van der Waals surface area contributed by atoms with Crippen LogP contribution in [0.15, 0.2) is 30.3 Å². The van der Waals surface area contributed by atoms with E-state index >= 15 is 0 Å². The number of hydrogen-bond donors (Lipinski definition) is 2. The summed E-state index contributed by atoms with van der Waals surface area (Å²) in [4.78, 5) is 0. The zero-order valence-corrected chi connectivity index (χ0v) is 16.7. The number of rotatable bonds is 15. The van der Waals surface area contributed by atoms with Crippen molar-refractivity contribution in [2.75, 3.05) is 18.9 Å². The van der Waals surface area contributed by atoms with Crippen molar-refractivity contribution in [2.45, 2.75) is 77.3 Å². The molecule has 0 aliphatic rings. The van der Waals surface area contributed by atoms with Crippen LogP contribution in [0, 0.1) is 0 Å². The van der Waals surface area contributed by atoms with E-state index in [1.54, 1.807) is 0 Å². The summed E-state index contributed by atoms with van der Waals surface area (Å²) in [6, 6.07) is 10.3. The first-order valence-electron chi connectivity index (χ1n) is 10.0. The summed E-state index contributed by atoms with van der Waals surface area (Å²) in [6.07, 6.45) is 15.7. The standard InChI is InChI=1S/C21H39O2P/c1-2-3-4-5-6-7-8-9-10-14-17-24(19-22,20-23)18-21-15-12-11-13-16-21/h11-13,15-16,22-24H,2-10,14,17-20H2,1H3. The first-order chi connectivity index (χ1) is 11.8. The molecule has 0 bridgehead atoms. The Hall–Kier alpha value is -0.430. The van der Waals surface area contributed by atoms with Gasteiger partial charge in [0.15, 0.2) is 0 Å². The van der Waals surface area contributed by atoms with Crippen molar-refractivity contribution in [1.29, 1.82) is 0 Å². The maximum absolute atomic E-state index is 9.88. The normalized spacial score (nSPS) is 12.5. The molecule has 0 aromatic heterocycles. The molecule has 0 amide bonds. The van der Waals surface area contributed by atoms with Crippen LogP contribution in [-0.2, 0) is 6.16 Å². The molecule has 0 radical (unpaired) electrons. The van der Waals surface area contributed by atoms with Gasteiger partial charge in [0.1, 0.15) is 0 Å². The zero-order valence-electron chi connectivity index (χ0n) is 15.7. The summed E-state index contributed by atoms with van der Waals surface area (Å²) in [5.74, 6) is 0. The van der Waals surface area contributed by atoms with Gasteiger partial charge in [-0.05, 0) is 0 Å². The van der Waals surface area contributed by atoms with E-state index < -0.39 is 7.26 Å². The summed E-state index contributed by atoms with van der Waals surface area (Å²) in [6.45, 7) is 2.26. The fourth-order valence-corrected chi connectivity index (χ4v) is 6.34. The number of benzene rings is 1. The Morgan fingerprint density at radius 1 is 0.708 bits per heavy atom. The van der Waals surface area contributed by atoms with Crippen molar-refractivity contribution in [3.05, 3.63) is 35.9 Å². The van der Waals surface area contributed by atoms with Crippen LogP contribution >= 0.6 is 7.26 Å². The first-order valence-corrected chi connectivity index (χ1v) is 12.8. The van der Waals surface area contributed by atoms with Gasteiger partial charge in [-0.3, -0.25) is 0 Å². The molecule has 24 heavy (non-hydrogen) atoms. The van der Waals surface area contributed by atoms with E-state index in [0.717, 1.165) is 18.7 Å². The fraction of sp³-hybridized carbons (Fsp3) is 0.714. The quantitative estimate of drug-likeness (QED) is 0.311. The van der Waals surface area contributed by atoms with E-state index in [9.17, 15) is 10.2 Å². The molecule has 2 N–H and O–H groups in total. The minimum absolute atomic E-state index is 0.204. The van der Waals surface area contributed by atoms with Crippen LogP contribution in [0.5, 0.6) is 0 Å². The molecule has 0 fully saturated rings. The van der Waals surface area contributed by atoms with Crippen LogP contribution in [0.4, 0.5) is 0 Å². The Bertz CT molecular complexity index is 390. The second-order valence-corrected chi connectivity index (χ2v) is 11.9. The molecule has 140 valence electrons. The molecule has 0 saturated heterocycles. The van der Waals surface area contributed by atoms with E-state index in [1.807, 2.05) is 18.2 Å². The van der Waals surface area contributed by atoms with Gasteiger partial charge in [-0.2, -0.15) is 0 Å². The molecule has 0 aliphatic heterocycles. The van der Waals surface area contributed by atoms with Crippen molar-refractivity contribution in [2.24, 2.45) is 0 Å². The van der Waals surface area contributed by atoms with Gasteiger partial charge in [0, 0.05) is 0 Å². The summed E-state index contributed by atoms with van der Waals surface area (Å²) in [5, 5.41) is 19.8. The Labute approximate surface area is 150 Å². The second kappa shape index (κ2) is 13.8. The van der Waals surface area contributed by atoms with Crippen molar-refractivity contribution < 1.29 is 10.2 Å². The molecular formula is C21H39O2P. The summed E-state index contributed by atoms with van der Waals surface area (Å²) < 4.78 is 0. The Morgan fingerprint density at radius 3 is 1.71 bits per heavy atom. The van der Waals surface area contributed by atoms with Crippen molar-refractivity contribution in [3.63, 3.8) is 0 Å². The molecule has 0 saturated carbocycles. The molecular weight excluding hydrogens is 315 g/mol. The zero-order chi connectivity index (χ0) is 17.5. The van der Waals surface area contributed by atoms with Crippen LogP contribution in [0.3, 0.4) is 0 Å². The molecule has 1 rings (SSSR count). The van der Waals surface area contributed by atoms with Crippen molar-refractivity contribution in [3.8, 4) is 0 Å². The Morgan fingerprint density at radius 2 is 1.21 bits per heavy atom. The summed E-state index contributed by atoms with van der Waals surface area (Å²) >= 11 is 0. The average Bonchev–Trinajstić information content (AvgIpc) is 2.63. The summed E-state index contributed by atoms with van der Waals surface area (Å²) in [5.41, 5.74) is 1.26. The SMILES string of the molecule is CCCCCCCCCCCC[PH](CO)(CO)Cc1ccccc1. The van der Waals surface area contributed by atoms with Gasteiger partial charge in [0.05, 0.1) is 0 Å².